The summed E-state index contributed by atoms with van der Waals surface area (Å²) in [5.74, 6) is 0. The average molecular weight is 901 g/mol. The summed E-state index contributed by atoms with van der Waals surface area (Å²) in [5.41, 5.74) is 27.4. The minimum Gasteiger partial charge on any atom is -0.0622 e. The summed E-state index contributed by atoms with van der Waals surface area (Å²) in [6, 6.07) is 95.3. The lowest BCUT2D eigenvalue weighted by Gasteiger charge is -2.31. The lowest BCUT2D eigenvalue weighted by atomic mass is 9.70. The minimum absolute atomic E-state index is 0.510. The highest BCUT2D eigenvalue weighted by Gasteiger charge is 2.52. The molecule has 2 aliphatic carbocycles. The van der Waals surface area contributed by atoms with Gasteiger partial charge in [-0.15, -0.1) is 0 Å². The monoisotopic (exact) mass is 900 g/mol. The van der Waals surface area contributed by atoms with Crippen molar-refractivity contribution in [3.8, 4) is 89.0 Å². The number of rotatable bonds is 6. The van der Waals surface area contributed by atoms with Crippen LogP contribution in [0.1, 0.15) is 33.4 Å². The highest BCUT2D eigenvalue weighted by Crippen LogP contribution is 2.64. The molecule has 0 heterocycles. The number of benzene rings is 12. The van der Waals surface area contributed by atoms with Crippen LogP contribution >= 0.6 is 0 Å². The van der Waals surface area contributed by atoms with Gasteiger partial charge in [0.25, 0.3) is 0 Å². The lowest BCUT2D eigenvalue weighted by molar-refractivity contribution is 0.795. The van der Waals surface area contributed by atoms with Crippen molar-refractivity contribution in [3.05, 3.63) is 288 Å². The zero-order valence-electron chi connectivity index (χ0n) is 39.7. The Hall–Kier alpha value is -8.84. The molecule has 0 radical (unpaired) electrons. The second kappa shape index (κ2) is 16.1. The van der Waals surface area contributed by atoms with E-state index in [9.17, 15) is 0 Å². The third kappa shape index (κ3) is 6.38. The Morgan fingerprint density at radius 3 is 1.01 bits per heavy atom. The zero-order chi connectivity index (χ0) is 47.2. The normalized spacial score (nSPS) is 12.8. The van der Waals surface area contributed by atoms with Gasteiger partial charge < -0.3 is 0 Å². The Morgan fingerprint density at radius 2 is 0.535 bits per heavy atom. The molecule has 1 spiro atoms. The van der Waals surface area contributed by atoms with Gasteiger partial charge in [-0.2, -0.15) is 0 Å². The van der Waals surface area contributed by atoms with Gasteiger partial charge in [-0.3, -0.25) is 0 Å². The van der Waals surface area contributed by atoms with Gasteiger partial charge in [0.2, 0.25) is 0 Å². The standard InChI is InChI=1S/C71H48/c1-45-59-33-31-51(57-37-53(47-19-7-3-8-20-47)35-54(38-57)48-21-9-4-10-22-48)41-63(59)46(2)65-44-70-66(43-64(45)65)62-34-32-52(42-69(62)71(70)67-29-17-15-27-60(67)61-28-16-18-30-68(61)71)58-39-55(49-23-11-5-12-24-49)36-56(40-58)50-25-13-6-14-26-50/h3-44H,1-2H3. The van der Waals surface area contributed by atoms with E-state index in [1.807, 2.05) is 0 Å². The van der Waals surface area contributed by atoms with Gasteiger partial charge in [0.05, 0.1) is 5.41 Å². The van der Waals surface area contributed by atoms with Crippen LogP contribution in [-0.2, 0) is 5.41 Å². The van der Waals surface area contributed by atoms with E-state index in [4.69, 9.17) is 0 Å². The fourth-order valence-electron chi connectivity index (χ4n) is 12.4. The van der Waals surface area contributed by atoms with Crippen LogP contribution in [0.2, 0.25) is 0 Å². The maximum Gasteiger partial charge on any atom is 0.0725 e. The van der Waals surface area contributed by atoms with Crippen LogP contribution in [0.3, 0.4) is 0 Å². The second-order valence-electron chi connectivity index (χ2n) is 19.6. The van der Waals surface area contributed by atoms with Crippen molar-refractivity contribution >= 4 is 21.5 Å². The zero-order valence-corrected chi connectivity index (χ0v) is 39.7. The SMILES string of the molecule is Cc1c2ccc(-c3cc(-c4ccccc4)cc(-c4ccccc4)c3)cc2c(C)c2cc3c(cc12)-c1ccc(-c2cc(-c4ccccc4)cc(-c4ccccc4)c2)cc1C31c2ccccc2-c2ccccc21. The van der Waals surface area contributed by atoms with E-state index in [-0.39, 0.29) is 0 Å². The third-order valence-electron chi connectivity index (χ3n) is 15.8. The van der Waals surface area contributed by atoms with Crippen LogP contribution in [0.5, 0.6) is 0 Å². The van der Waals surface area contributed by atoms with Gasteiger partial charge in [0.15, 0.2) is 0 Å². The first-order valence-electron chi connectivity index (χ1n) is 24.9. The number of fused-ring (bicyclic) bond motifs is 12. The van der Waals surface area contributed by atoms with Gasteiger partial charge >= 0.3 is 0 Å². The van der Waals surface area contributed by atoms with Crippen LogP contribution in [0, 0.1) is 13.8 Å². The van der Waals surface area contributed by atoms with Gasteiger partial charge in [0.1, 0.15) is 0 Å². The second-order valence-corrected chi connectivity index (χ2v) is 19.6. The molecule has 0 saturated heterocycles. The van der Waals surface area contributed by atoms with Crippen LogP contribution in [0.4, 0.5) is 0 Å². The molecule has 0 heteroatoms. The summed E-state index contributed by atoms with van der Waals surface area (Å²) in [7, 11) is 0. The third-order valence-corrected chi connectivity index (χ3v) is 15.8. The Morgan fingerprint density at radius 1 is 0.197 bits per heavy atom. The van der Waals surface area contributed by atoms with E-state index in [2.05, 4.69) is 269 Å². The van der Waals surface area contributed by atoms with Crippen molar-refractivity contribution in [2.24, 2.45) is 0 Å². The van der Waals surface area contributed by atoms with Crippen LogP contribution in [0.25, 0.3) is 111 Å². The quantitative estimate of drug-likeness (QED) is 0.146. The van der Waals surface area contributed by atoms with E-state index in [0.29, 0.717) is 0 Å². The Labute approximate surface area is 415 Å². The van der Waals surface area contributed by atoms with Crippen molar-refractivity contribution < 1.29 is 0 Å². The number of hydrogen-bond donors (Lipinski definition) is 0. The smallest absolute Gasteiger partial charge is 0.0622 e. The molecule has 2 aliphatic rings. The van der Waals surface area contributed by atoms with Crippen LogP contribution in [0.15, 0.2) is 255 Å². The molecular formula is C71H48. The average Bonchev–Trinajstić information content (AvgIpc) is 3.93. The molecule has 0 amide bonds. The predicted octanol–water partition coefficient (Wildman–Crippen LogP) is 19.0. The van der Waals surface area contributed by atoms with Crippen LogP contribution < -0.4 is 0 Å². The maximum absolute atomic E-state index is 2.59. The molecule has 0 aromatic heterocycles. The molecule has 0 nitrogen and oxygen atoms in total. The van der Waals surface area contributed by atoms with E-state index in [1.165, 1.54) is 144 Å². The van der Waals surface area contributed by atoms with E-state index < -0.39 is 5.41 Å². The fraction of sp³-hybridized carbons (Fsp3) is 0.0423. The molecule has 332 valence electrons. The molecule has 0 N–H and O–H groups in total. The topological polar surface area (TPSA) is 0 Å². The summed E-state index contributed by atoms with van der Waals surface area (Å²) < 4.78 is 0. The van der Waals surface area contributed by atoms with Crippen molar-refractivity contribution in [1.29, 1.82) is 0 Å². The summed E-state index contributed by atoms with van der Waals surface area (Å²) in [4.78, 5) is 0. The molecule has 12 aromatic carbocycles. The Kier molecular flexibility index (Phi) is 9.35. The highest BCUT2D eigenvalue weighted by molar-refractivity contribution is 6.10. The van der Waals surface area contributed by atoms with Crippen molar-refractivity contribution in [1.82, 2.24) is 0 Å². The van der Waals surface area contributed by atoms with E-state index >= 15 is 0 Å². The summed E-state index contributed by atoms with van der Waals surface area (Å²) in [5, 5.41) is 5.22. The van der Waals surface area contributed by atoms with E-state index in [0.717, 1.165) is 0 Å². The molecule has 14 rings (SSSR count). The Bertz CT molecular complexity index is 3930. The van der Waals surface area contributed by atoms with Crippen LogP contribution in [-0.4, -0.2) is 0 Å². The molecule has 0 bridgehead atoms. The summed E-state index contributed by atoms with van der Waals surface area (Å²) in [6.45, 7) is 4.68. The largest absolute Gasteiger partial charge is 0.0725 e. The molecule has 0 fully saturated rings. The highest BCUT2D eigenvalue weighted by atomic mass is 14.5. The summed E-state index contributed by atoms with van der Waals surface area (Å²) >= 11 is 0. The fourth-order valence-corrected chi connectivity index (χ4v) is 12.4. The predicted molar refractivity (Wildman–Crippen MR) is 300 cm³/mol. The number of hydrogen-bond acceptors (Lipinski definition) is 0. The van der Waals surface area contributed by atoms with Gasteiger partial charge in [-0.05, 0) is 218 Å². The molecular weight excluding hydrogens is 853 g/mol. The molecule has 0 aliphatic heterocycles. The van der Waals surface area contributed by atoms with Gasteiger partial charge in [0, 0.05) is 0 Å². The van der Waals surface area contributed by atoms with Crippen molar-refractivity contribution in [2.75, 3.05) is 0 Å². The van der Waals surface area contributed by atoms with Gasteiger partial charge in [-0.25, -0.2) is 0 Å². The number of aryl methyl sites for hydroxylation is 2. The van der Waals surface area contributed by atoms with Crippen molar-refractivity contribution in [2.45, 2.75) is 19.3 Å². The molecule has 0 unspecified atom stereocenters. The van der Waals surface area contributed by atoms with E-state index in [1.54, 1.807) is 0 Å². The maximum atomic E-state index is 2.59. The van der Waals surface area contributed by atoms with Gasteiger partial charge in [-0.1, -0.05) is 194 Å². The molecule has 71 heavy (non-hydrogen) atoms. The molecule has 0 saturated carbocycles. The first kappa shape index (κ1) is 41.2. The first-order chi connectivity index (χ1) is 35.0. The molecule has 12 aromatic rings. The lowest BCUT2D eigenvalue weighted by Crippen LogP contribution is -2.26. The summed E-state index contributed by atoms with van der Waals surface area (Å²) in [6.07, 6.45) is 0. The molecule has 0 atom stereocenters. The van der Waals surface area contributed by atoms with Crippen molar-refractivity contribution in [3.63, 3.8) is 0 Å². The minimum atomic E-state index is -0.510. The first-order valence-corrected chi connectivity index (χ1v) is 24.9. The Balaban J connectivity index is 0.993.